The van der Waals surface area contributed by atoms with E-state index in [1.54, 1.807) is 24.3 Å². The molecule has 1 atom stereocenters. The number of sulfonamides is 1. The fourth-order valence-corrected chi connectivity index (χ4v) is 4.78. The van der Waals surface area contributed by atoms with Gasteiger partial charge in [-0.25, -0.2) is 8.42 Å². The van der Waals surface area contributed by atoms with Crippen LogP contribution in [0.25, 0.3) is 0 Å². The minimum Gasteiger partial charge on any atom is -0.495 e. The molecule has 3 rings (SSSR count). The van der Waals surface area contributed by atoms with E-state index >= 15 is 0 Å². The number of rotatable bonds is 11. The van der Waals surface area contributed by atoms with E-state index in [9.17, 15) is 18.0 Å². The van der Waals surface area contributed by atoms with Crippen molar-refractivity contribution >= 4 is 27.5 Å². The molecule has 0 aliphatic rings. The summed E-state index contributed by atoms with van der Waals surface area (Å²) in [6.45, 7) is -0.359. The van der Waals surface area contributed by atoms with Crippen LogP contribution in [0, 0.1) is 0 Å². The third-order valence-electron chi connectivity index (χ3n) is 5.75. The molecule has 0 fully saturated rings. The van der Waals surface area contributed by atoms with E-state index in [4.69, 9.17) is 4.74 Å². The number of carbonyl (C=O) groups excluding carboxylic acids is 2. The van der Waals surface area contributed by atoms with Crippen LogP contribution in [0.15, 0.2) is 84.9 Å². The van der Waals surface area contributed by atoms with Crippen LogP contribution >= 0.6 is 0 Å². The van der Waals surface area contributed by atoms with E-state index in [0.29, 0.717) is 5.75 Å². The molecule has 0 aromatic heterocycles. The number of likely N-dealkylation sites (N-methyl/N-ethyl adjacent to an activating group) is 1. The number of benzene rings is 3. The van der Waals surface area contributed by atoms with Crippen LogP contribution in [0.4, 0.5) is 5.69 Å². The van der Waals surface area contributed by atoms with Crippen molar-refractivity contribution < 1.29 is 22.7 Å². The van der Waals surface area contributed by atoms with Gasteiger partial charge >= 0.3 is 0 Å². The second-order valence-electron chi connectivity index (χ2n) is 8.27. The molecule has 3 aromatic carbocycles. The van der Waals surface area contributed by atoms with Gasteiger partial charge in [-0.2, -0.15) is 0 Å². The van der Waals surface area contributed by atoms with Crippen LogP contribution in [-0.2, 0) is 32.6 Å². The van der Waals surface area contributed by atoms with Gasteiger partial charge in [-0.15, -0.1) is 0 Å². The molecule has 8 nitrogen and oxygen atoms in total. The number of methoxy groups -OCH3 is 1. The number of nitrogens with zero attached hydrogens (tertiary/aromatic N) is 2. The van der Waals surface area contributed by atoms with Crippen LogP contribution in [0.1, 0.15) is 11.1 Å². The molecule has 1 N–H and O–H groups in total. The number of amides is 2. The van der Waals surface area contributed by atoms with Crippen molar-refractivity contribution in [1.29, 1.82) is 0 Å². The van der Waals surface area contributed by atoms with E-state index in [-0.39, 0.29) is 24.6 Å². The highest BCUT2D eigenvalue weighted by Gasteiger charge is 2.33. The van der Waals surface area contributed by atoms with Gasteiger partial charge in [0, 0.05) is 20.0 Å². The molecule has 190 valence electrons. The summed E-state index contributed by atoms with van der Waals surface area (Å²) in [6, 6.07) is 24.4. The number of carbonyl (C=O) groups is 2. The van der Waals surface area contributed by atoms with Crippen LogP contribution in [0.3, 0.4) is 0 Å². The maximum Gasteiger partial charge on any atom is 0.244 e. The first-order valence-corrected chi connectivity index (χ1v) is 13.3. The van der Waals surface area contributed by atoms with Crippen LogP contribution in [-0.4, -0.2) is 58.1 Å². The van der Waals surface area contributed by atoms with E-state index in [2.05, 4.69) is 5.32 Å². The van der Waals surface area contributed by atoms with Crippen molar-refractivity contribution in [1.82, 2.24) is 10.2 Å². The molecule has 0 aliphatic heterocycles. The van der Waals surface area contributed by atoms with Gasteiger partial charge in [-0.1, -0.05) is 72.8 Å². The summed E-state index contributed by atoms with van der Waals surface area (Å²) in [5, 5.41) is 2.66. The summed E-state index contributed by atoms with van der Waals surface area (Å²) in [6.07, 6.45) is 1.31. The Labute approximate surface area is 212 Å². The monoisotopic (exact) mass is 509 g/mol. The highest BCUT2D eigenvalue weighted by molar-refractivity contribution is 7.92. The van der Waals surface area contributed by atoms with Gasteiger partial charge in [0.05, 0.1) is 19.1 Å². The summed E-state index contributed by atoms with van der Waals surface area (Å²) in [4.78, 5) is 28.3. The standard InChI is InChI=1S/C27H31N3O5S/c1-28-27(32)24(18-21-12-6-4-7-13-21)29(19-22-14-8-5-9-15-22)26(31)20-30(36(3,33)34)23-16-10-11-17-25(23)35-2/h4-17,24H,18-20H2,1-3H3,(H,28,32)/t24-/m1/s1. The normalized spacial score (nSPS) is 11.9. The molecule has 0 saturated carbocycles. The molecule has 3 aromatic rings. The lowest BCUT2D eigenvalue weighted by Crippen LogP contribution is -2.52. The van der Waals surface area contributed by atoms with E-state index < -0.39 is 28.5 Å². The molecule has 9 heteroatoms. The van der Waals surface area contributed by atoms with Crippen LogP contribution < -0.4 is 14.4 Å². The highest BCUT2D eigenvalue weighted by atomic mass is 32.2. The number of hydrogen-bond donors (Lipinski definition) is 1. The summed E-state index contributed by atoms with van der Waals surface area (Å²) in [5.74, 6) is -0.538. The molecule has 0 saturated heterocycles. The molecular weight excluding hydrogens is 478 g/mol. The predicted molar refractivity (Wildman–Crippen MR) is 140 cm³/mol. The highest BCUT2D eigenvalue weighted by Crippen LogP contribution is 2.29. The minimum atomic E-state index is -3.86. The van der Waals surface area contributed by atoms with E-state index in [0.717, 1.165) is 21.7 Å². The largest absolute Gasteiger partial charge is 0.495 e. The van der Waals surface area contributed by atoms with Crippen molar-refractivity contribution in [2.75, 3.05) is 31.3 Å². The molecule has 0 aliphatic carbocycles. The molecule has 0 spiro atoms. The lowest BCUT2D eigenvalue weighted by atomic mass is 10.0. The molecule has 2 amide bonds. The number of para-hydroxylation sites is 2. The van der Waals surface area contributed by atoms with Crippen molar-refractivity contribution in [2.24, 2.45) is 0 Å². The lowest BCUT2D eigenvalue weighted by Gasteiger charge is -2.33. The minimum absolute atomic E-state index is 0.133. The predicted octanol–water partition coefficient (Wildman–Crippen LogP) is 2.85. The number of anilines is 1. The Morgan fingerprint density at radius 3 is 2.00 bits per heavy atom. The van der Waals surface area contributed by atoms with Crippen LogP contribution in [0.5, 0.6) is 5.75 Å². The maximum atomic E-state index is 13.8. The number of hydrogen-bond acceptors (Lipinski definition) is 5. The second kappa shape index (κ2) is 12.2. The zero-order valence-electron chi connectivity index (χ0n) is 20.6. The fraction of sp³-hybridized carbons (Fsp3) is 0.259. The zero-order valence-corrected chi connectivity index (χ0v) is 21.4. The third kappa shape index (κ3) is 6.85. The maximum absolute atomic E-state index is 13.8. The molecule has 0 unspecified atom stereocenters. The molecule has 0 radical (unpaired) electrons. The smallest absolute Gasteiger partial charge is 0.244 e. The first-order valence-electron chi connectivity index (χ1n) is 11.4. The topological polar surface area (TPSA) is 96.0 Å². The van der Waals surface area contributed by atoms with Crippen molar-refractivity contribution in [2.45, 2.75) is 19.0 Å². The quantitative estimate of drug-likeness (QED) is 0.429. The average molecular weight is 510 g/mol. The Morgan fingerprint density at radius 2 is 1.44 bits per heavy atom. The van der Waals surface area contributed by atoms with Gasteiger partial charge in [0.1, 0.15) is 18.3 Å². The van der Waals surface area contributed by atoms with Crippen molar-refractivity contribution in [3.63, 3.8) is 0 Å². The van der Waals surface area contributed by atoms with Gasteiger partial charge in [-0.05, 0) is 23.3 Å². The van der Waals surface area contributed by atoms with Gasteiger partial charge < -0.3 is 15.0 Å². The first-order chi connectivity index (χ1) is 17.2. The molecular formula is C27H31N3O5S. The van der Waals surface area contributed by atoms with E-state index in [1.165, 1.54) is 19.1 Å². The Morgan fingerprint density at radius 1 is 0.889 bits per heavy atom. The van der Waals surface area contributed by atoms with Gasteiger partial charge in [0.15, 0.2) is 0 Å². The SMILES string of the molecule is CNC(=O)[C@@H](Cc1ccccc1)N(Cc1ccccc1)C(=O)CN(c1ccccc1OC)S(C)(=O)=O. The Balaban J connectivity index is 2.03. The van der Waals surface area contributed by atoms with Gasteiger partial charge in [0.25, 0.3) is 0 Å². The Bertz CT molecular complexity index is 1270. The summed E-state index contributed by atoms with van der Waals surface area (Å²) < 4.78 is 31.9. The summed E-state index contributed by atoms with van der Waals surface area (Å²) in [5.41, 5.74) is 1.94. The second-order valence-corrected chi connectivity index (χ2v) is 10.2. The summed E-state index contributed by atoms with van der Waals surface area (Å²) >= 11 is 0. The summed E-state index contributed by atoms with van der Waals surface area (Å²) in [7, 11) is -0.905. The van der Waals surface area contributed by atoms with Crippen molar-refractivity contribution in [3.8, 4) is 5.75 Å². The van der Waals surface area contributed by atoms with E-state index in [1.807, 2.05) is 60.7 Å². The average Bonchev–Trinajstić information content (AvgIpc) is 2.89. The molecule has 0 bridgehead atoms. The zero-order chi connectivity index (χ0) is 26.1. The van der Waals surface area contributed by atoms with Crippen LogP contribution in [0.2, 0.25) is 0 Å². The number of ether oxygens (including phenoxy) is 1. The van der Waals surface area contributed by atoms with Gasteiger partial charge in [-0.3, -0.25) is 13.9 Å². The first kappa shape index (κ1) is 26.7. The molecule has 36 heavy (non-hydrogen) atoms. The Kier molecular flexibility index (Phi) is 9.08. The number of nitrogens with one attached hydrogen (secondary N) is 1. The Hall–Kier alpha value is -3.85. The molecule has 0 heterocycles. The fourth-order valence-electron chi connectivity index (χ4n) is 3.93. The lowest BCUT2D eigenvalue weighted by molar-refractivity contribution is -0.139. The third-order valence-corrected chi connectivity index (χ3v) is 6.87. The van der Waals surface area contributed by atoms with Crippen molar-refractivity contribution in [3.05, 3.63) is 96.1 Å². The van der Waals surface area contributed by atoms with Gasteiger partial charge in [0.2, 0.25) is 21.8 Å².